The number of carbonyl (C=O) groups is 3. The number of nitrogens with one attached hydrogen (secondary N) is 1. The molecule has 0 unspecified atom stereocenters. The van der Waals surface area contributed by atoms with Crippen molar-refractivity contribution in [2.75, 3.05) is 40.8 Å². The quantitative estimate of drug-likeness (QED) is 0.582. The highest BCUT2D eigenvalue weighted by Crippen LogP contribution is 2.14. The minimum absolute atomic E-state index is 0.186. The number of carbonyl (C=O) groups excluding carboxylic acids is 3. The van der Waals surface area contributed by atoms with Gasteiger partial charge < -0.3 is 15.0 Å². The number of rotatable bonds is 8. The summed E-state index contributed by atoms with van der Waals surface area (Å²) in [5.41, 5.74) is 0. The van der Waals surface area contributed by atoms with Crippen LogP contribution in [0.2, 0.25) is 0 Å². The predicted octanol–water partition coefficient (Wildman–Crippen LogP) is -0.806. The molecule has 26 heavy (non-hydrogen) atoms. The minimum atomic E-state index is -4.01. The molecule has 0 radical (unpaired) electrons. The van der Waals surface area contributed by atoms with Crippen LogP contribution in [-0.2, 0) is 29.1 Å². The molecule has 11 heteroatoms. The van der Waals surface area contributed by atoms with E-state index in [0.717, 1.165) is 35.6 Å². The van der Waals surface area contributed by atoms with E-state index < -0.39 is 40.9 Å². The molecule has 0 spiro atoms. The van der Waals surface area contributed by atoms with E-state index in [2.05, 4.69) is 10.1 Å². The van der Waals surface area contributed by atoms with Gasteiger partial charge in [0, 0.05) is 21.1 Å². The third-order valence-corrected chi connectivity index (χ3v) is 4.99. The molecule has 1 N–H and O–H groups in total. The maximum Gasteiger partial charge on any atom is 0.321 e. The third kappa shape index (κ3) is 6.41. The van der Waals surface area contributed by atoms with Crippen LogP contribution < -0.4 is 5.32 Å². The lowest BCUT2D eigenvalue weighted by Gasteiger charge is -2.16. The van der Waals surface area contributed by atoms with Crippen LogP contribution in [-0.4, -0.2) is 76.2 Å². The van der Waals surface area contributed by atoms with E-state index in [-0.39, 0.29) is 17.3 Å². The number of halogens is 1. The number of sulfonamides is 1. The minimum Gasteiger partial charge on any atom is -0.455 e. The van der Waals surface area contributed by atoms with Crippen molar-refractivity contribution in [1.82, 2.24) is 14.5 Å². The SMILES string of the molecule is CN(C)C(=O)CNC(=O)COC(=O)CN(C)S(=O)(=O)c1ccc(F)cc1. The van der Waals surface area contributed by atoms with Crippen LogP contribution in [0.4, 0.5) is 4.39 Å². The molecule has 1 aromatic rings. The number of ether oxygens (including phenoxy) is 1. The van der Waals surface area contributed by atoms with E-state index in [1.807, 2.05) is 0 Å². The van der Waals surface area contributed by atoms with Gasteiger partial charge in [0.1, 0.15) is 12.4 Å². The molecule has 2 amide bonds. The smallest absolute Gasteiger partial charge is 0.321 e. The summed E-state index contributed by atoms with van der Waals surface area (Å²) in [7, 11) is 0.183. The molecule has 1 aromatic carbocycles. The standard InChI is InChI=1S/C15H20FN3O6S/c1-18(2)14(21)8-17-13(20)10-25-15(22)9-19(3)26(23,24)12-6-4-11(16)5-7-12/h4-7H,8-10H2,1-3H3,(H,17,20). The van der Waals surface area contributed by atoms with Crippen molar-refractivity contribution in [1.29, 1.82) is 0 Å². The summed E-state index contributed by atoms with van der Waals surface area (Å²) < 4.78 is 42.7. The molecular formula is C15H20FN3O6S. The first-order chi connectivity index (χ1) is 12.0. The van der Waals surface area contributed by atoms with Gasteiger partial charge in [-0.25, -0.2) is 12.8 Å². The van der Waals surface area contributed by atoms with Crippen LogP contribution in [0.5, 0.6) is 0 Å². The fourth-order valence-corrected chi connectivity index (χ4v) is 2.74. The van der Waals surface area contributed by atoms with Gasteiger partial charge in [-0.1, -0.05) is 0 Å². The molecule has 0 aliphatic carbocycles. The molecule has 0 aliphatic heterocycles. The highest BCUT2D eigenvalue weighted by molar-refractivity contribution is 7.89. The van der Waals surface area contributed by atoms with Crippen LogP contribution in [0.15, 0.2) is 29.2 Å². The van der Waals surface area contributed by atoms with Gasteiger partial charge in [-0.2, -0.15) is 4.31 Å². The van der Waals surface area contributed by atoms with Gasteiger partial charge in [0.2, 0.25) is 15.9 Å². The molecule has 0 saturated heterocycles. The fourth-order valence-electron chi connectivity index (χ4n) is 1.63. The molecule has 0 bridgehead atoms. The van der Waals surface area contributed by atoms with Crippen molar-refractivity contribution in [2.24, 2.45) is 0 Å². The zero-order valence-corrected chi connectivity index (χ0v) is 15.4. The lowest BCUT2D eigenvalue weighted by molar-refractivity contribution is -0.148. The van der Waals surface area contributed by atoms with Gasteiger partial charge in [0.15, 0.2) is 6.61 Å². The number of likely N-dealkylation sites (N-methyl/N-ethyl adjacent to an activating group) is 2. The second-order valence-corrected chi connectivity index (χ2v) is 7.49. The summed E-state index contributed by atoms with van der Waals surface area (Å²) in [5, 5.41) is 2.26. The van der Waals surface area contributed by atoms with Gasteiger partial charge in [0.25, 0.3) is 5.91 Å². The fraction of sp³-hybridized carbons (Fsp3) is 0.400. The summed E-state index contributed by atoms with van der Waals surface area (Å²) in [6.07, 6.45) is 0. The monoisotopic (exact) mass is 389 g/mol. The summed E-state index contributed by atoms with van der Waals surface area (Å²) in [4.78, 5) is 35.6. The number of benzene rings is 1. The van der Waals surface area contributed by atoms with Crippen molar-refractivity contribution >= 4 is 27.8 Å². The van der Waals surface area contributed by atoms with E-state index in [1.54, 1.807) is 0 Å². The maximum atomic E-state index is 12.9. The largest absolute Gasteiger partial charge is 0.455 e. The maximum absolute atomic E-state index is 12.9. The Balaban J connectivity index is 2.50. The summed E-state index contributed by atoms with van der Waals surface area (Å²) in [6, 6.07) is 4.11. The lowest BCUT2D eigenvalue weighted by atomic mass is 10.4. The molecule has 0 heterocycles. The van der Waals surface area contributed by atoms with Gasteiger partial charge in [-0.15, -0.1) is 0 Å². The molecule has 144 valence electrons. The lowest BCUT2D eigenvalue weighted by Crippen LogP contribution is -2.39. The van der Waals surface area contributed by atoms with Crippen LogP contribution in [0.1, 0.15) is 0 Å². The molecule has 0 aromatic heterocycles. The Morgan fingerprint density at radius 1 is 1.12 bits per heavy atom. The first-order valence-corrected chi connectivity index (χ1v) is 8.82. The van der Waals surface area contributed by atoms with Gasteiger partial charge >= 0.3 is 5.97 Å². The molecule has 1 rings (SSSR count). The summed E-state index contributed by atoms with van der Waals surface area (Å²) in [6.45, 7) is -1.53. The number of esters is 1. The number of amides is 2. The molecule has 0 saturated carbocycles. The molecule has 0 aliphatic rings. The second-order valence-electron chi connectivity index (χ2n) is 5.44. The second kappa shape index (κ2) is 9.25. The molecular weight excluding hydrogens is 369 g/mol. The van der Waals surface area contributed by atoms with E-state index in [9.17, 15) is 27.2 Å². The van der Waals surface area contributed by atoms with Crippen LogP contribution in [0.25, 0.3) is 0 Å². The van der Waals surface area contributed by atoms with Crippen LogP contribution >= 0.6 is 0 Å². The van der Waals surface area contributed by atoms with E-state index in [1.165, 1.54) is 19.0 Å². The Kier molecular flexibility index (Phi) is 7.65. The van der Waals surface area contributed by atoms with Crippen molar-refractivity contribution in [2.45, 2.75) is 4.90 Å². The average Bonchev–Trinajstić information content (AvgIpc) is 2.57. The Morgan fingerprint density at radius 3 is 2.23 bits per heavy atom. The van der Waals surface area contributed by atoms with E-state index >= 15 is 0 Å². The van der Waals surface area contributed by atoms with Crippen molar-refractivity contribution in [3.05, 3.63) is 30.1 Å². The Labute approximate surface area is 150 Å². The van der Waals surface area contributed by atoms with Crippen LogP contribution in [0.3, 0.4) is 0 Å². The highest BCUT2D eigenvalue weighted by atomic mass is 32.2. The zero-order chi connectivity index (χ0) is 19.9. The Morgan fingerprint density at radius 2 is 1.69 bits per heavy atom. The topological polar surface area (TPSA) is 113 Å². The highest BCUT2D eigenvalue weighted by Gasteiger charge is 2.24. The number of hydrogen-bond acceptors (Lipinski definition) is 6. The van der Waals surface area contributed by atoms with E-state index in [4.69, 9.17) is 0 Å². The Bertz CT molecular complexity index is 764. The molecule has 0 atom stereocenters. The third-order valence-electron chi connectivity index (χ3n) is 3.17. The van der Waals surface area contributed by atoms with Gasteiger partial charge in [0.05, 0.1) is 11.4 Å². The summed E-state index contributed by atoms with van der Waals surface area (Å²) in [5.74, 6) is -2.58. The van der Waals surface area contributed by atoms with Crippen molar-refractivity contribution in [3.8, 4) is 0 Å². The number of nitrogens with zero attached hydrogens (tertiary/aromatic N) is 2. The first-order valence-electron chi connectivity index (χ1n) is 7.38. The molecule has 9 nitrogen and oxygen atoms in total. The van der Waals surface area contributed by atoms with Crippen molar-refractivity contribution < 1.29 is 31.9 Å². The van der Waals surface area contributed by atoms with Crippen LogP contribution in [0, 0.1) is 5.82 Å². The van der Waals surface area contributed by atoms with Gasteiger partial charge in [-0.05, 0) is 24.3 Å². The summed E-state index contributed by atoms with van der Waals surface area (Å²) >= 11 is 0. The number of hydrogen-bond donors (Lipinski definition) is 1. The normalized spacial score (nSPS) is 11.1. The average molecular weight is 389 g/mol. The first kappa shape index (κ1) is 21.5. The van der Waals surface area contributed by atoms with Crippen molar-refractivity contribution in [3.63, 3.8) is 0 Å². The zero-order valence-electron chi connectivity index (χ0n) is 14.6. The Hall–Kier alpha value is -2.53. The van der Waals surface area contributed by atoms with Gasteiger partial charge in [-0.3, -0.25) is 14.4 Å². The molecule has 0 fully saturated rings. The predicted molar refractivity (Wildman–Crippen MR) is 88.9 cm³/mol. The van der Waals surface area contributed by atoms with E-state index in [0.29, 0.717) is 0 Å².